The monoisotopic (exact) mass is 336 g/mol. The van der Waals surface area contributed by atoms with Crippen molar-refractivity contribution in [2.24, 2.45) is 5.92 Å². The summed E-state index contributed by atoms with van der Waals surface area (Å²) in [6.45, 7) is 5.45. The lowest BCUT2D eigenvalue weighted by Crippen LogP contribution is -2.49. The number of nitrogens with zero attached hydrogens (tertiary/aromatic N) is 3. The van der Waals surface area contributed by atoms with E-state index in [-0.39, 0.29) is 17.9 Å². The first kappa shape index (κ1) is 16.2. The molecule has 3 rings (SSSR count). The smallest absolute Gasteiger partial charge is 0.320 e. The third kappa shape index (κ3) is 4.02. The summed E-state index contributed by atoms with van der Waals surface area (Å²) < 4.78 is 0. The molecule has 2 aliphatic heterocycles. The third-order valence-corrected chi connectivity index (χ3v) is 5.49. The Bertz CT molecular complexity index is 568. The van der Waals surface area contributed by atoms with Crippen LogP contribution in [0.5, 0.6) is 0 Å². The Morgan fingerprint density at radius 3 is 2.70 bits per heavy atom. The summed E-state index contributed by atoms with van der Waals surface area (Å²) in [4.78, 5) is 33.0. The minimum Gasteiger partial charge on any atom is -0.349 e. The molecule has 0 unspecified atom stereocenters. The van der Waals surface area contributed by atoms with Crippen molar-refractivity contribution in [1.29, 1.82) is 0 Å². The van der Waals surface area contributed by atoms with Gasteiger partial charge in [-0.25, -0.2) is 9.78 Å². The van der Waals surface area contributed by atoms with E-state index in [2.05, 4.69) is 10.3 Å². The molecule has 126 valence electrons. The standard InChI is InChI=1S/C16H24N4O2S/c1-12-11-23-14(18-12)9-17-15(21)13-5-4-8-20(10-13)16(22)19-6-2-3-7-19/h11,13H,2-10H2,1H3,(H,17,21)/t13-/m1/s1. The third-order valence-electron chi connectivity index (χ3n) is 4.52. The number of aryl methyl sites for hydroxylation is 1. The van der Waals surface area contributed by atoms with Crippen LogP contribution in [-0.2, 0) is 11.3 Å². The first-order chi connectivity index (χ1) is 11.1. The predicted octanol–water partition coefficient (Wildman–Crippen LogP) is 2.00. The topological polar surface area (TPSA) is 65.5 Å². The van der Waals surface area contributed by atoms with Crippen LogP contribution >= 0.6 is 11.3 Å². The van der Waals surface area contributed by atoms with Crippen molar-refractivity contribution < 1.29 is 9.59 Å². The van der Waals surface area contributed by atoms with Crippen LogP contribution < -0.4 is 5.32 Å². The molecule has 1 aromatic rings. The molecule has 0 radical (unpaired) electrons. The number of amides is 3. The molecule has 3 amide bonds. The van der Waals surface area contributed by atoms with Gasteiger partial charge in [-0.3, -0.25) is 4.79 Å². The van der Waals surface area contributed by atoms with Crippen LogP contribution in [0, 0.1) is 12.8 Å². The summed E-state index contributed by atoms with van der Waals surface area (Å²) in [7, 11) is 0. The zero-order valence-corrected chi connectivity index (χ0v) is 14.4. The molecular weight excluding hydrogens is 312 g/mol. The first-order valence-corrected chi connectivity index (χ1v) is 9.24. The number of thiazole rings is 1. The van der Waals surface area contributed by atoms with Crippen molar-refractivity contribution in [2.75, 3.05) is 26.2 Å². The van der Waals surface area contributed by atoms with E-state index < -0.39 is 0 Å². The lowest BCUT2D eigenvalue weighted by atomic mass is 9.97. The zero-order valence-electron chi connectivity index (χ0n) is 13.6. The van der Waals surface area contributed by atoms with Crippen molar-refractivity contribution in [2.45, 2.75) is 39.2 Å². The number of carbonyl (C=O) groups excluding carboxylic acids is 2. The van der Waals surface area contributed by atoms with E-state index >= 15 is 0 Å². The zero-order chi connectivity index (χ0) is 16.2. The summed E-state index contributed by atoms with van der Waals surface area (Å²) in [5.41, 5.74) is 0.985. The molecule has 1 atom stereocenters. The van der Waals surface area contributed by atoms with Crippen LogP contribution in [0.2, 0.25) is 0 Å². The number of nitrogens with one attached hydrogen (secondary N) is 1. The van der Waals surface area contributed by atoms with Gasteiger partial charge >= 0.3 is 6.03 Å². The fraction of sp³-hybridized carbons (Fsp3) is 0.688. The molecule has 0 spiro atoms. The maximum atomic E-state index is 12.5. The molecule has 2 saturated heterocycles. The number of piperidine rings is 1. The van der Waals surface area contributed by atoms with Crippen molar-refractivity contribution in [1.82, 2.24) is 20.1 Å². The lowest BCUT2D eigenvalue weighted by molar-refractivity contribution is -0.126. The van der Waals surface area contributed by atoms with E-state index in [0.717, 1.165) is 56.0 Å². The van der Waals surface area contributed by atoms with Crippen LogP contribution in [-0.4, -0.2) is 52.9 Å². The number of aromatic nitrogens is 1. The molecule has 7 heteroatoms. The van der Waals surface area contributed by atoms with Gasteiger partial charge < -0.3 is 15.1 Å². The van der Waals surface area contributed by atoms with Gasteiger partial charge in [0.05, 0.1) is 12.5 Å². The molecule has 0 aliphatic carbocycles. The number of carbonyl (C=O) groups is 2. The quantitative estimate of drug-likeness (QED) is 0.918. The van der Waals surface area contributed by atoms with Crippen molar-refractivity contribution in [3.05, 3.63) is 16.1 Å². The Hall–Kier alpha value is -1.63. The predicted molar refractivity (Wildman–Crippen MR) is 89.2 cm³/mol. The molecular formula is C16H24N4O2S. The fourth-order valence-electron chi connectivity index (χ4n) is 3.26. The normalized spacial score (nSPS) is 21.5. The Labute approximate surface area is 140 Å². The average molecular weight is 336 g/mol. The largest absolute Gasteiger partial charge is 0.349 e. The number of likely N-dealkylation sites (tertiary alicyclic amines) is 2. The van der Waals surface area contributed by atoms with Crippen LogP contribution in [0.4, 0.5) is 4.79 Å². The Balaban J connectivity index is 1.50. The number of rotatable bonds is 3. The summed E-state index contributed by atoms with van der Waals surface area (Å²) in [6.07, 6.45) is 3.94. The minimum absolute atomic E-state index is 0.0387. The molecule has 1 aromatic heterocycles. The Kier molecular flexibility index (Phi) is 5.15. The molecule has 2 fully saturated rings. The highest BCUT2D eigenvalue weighted by atomic mass is 32.1. The van der Waals surface area contributed by atoms with Crippen LogP contribution in [0.15, 0.2) is 5.38 Å². The second-order valence-corrected chi connectivity index (χ2v) is 7.30. The maximum Gasteiger partial charge on any atom is 0.320 e. The van der Waals surface area contributed by atoms with Crippen molar-refractivity contribution in [3.8, 4) is 0 Å². The fourth-order valence-corrected chi connectivity index (χ4v) is 3.98. The highest BCUT2D eigenvalue weighted by molar-refractivity contribution is 7.09. The van der Waals surface area contributed by atoms with Gasteiger partial charge in [0.25, 0.3) is 0 Å². The van der Waals surface area contributed by atoms with Crippen LogP contribution in [0.3, 0.4) is 0 Å². The molecule has 23 heavy (non-hydrogen) atoms. The van der Waals surface area contributed by atoms with Gasteiger partial charge in [0, 0.05) is 37.3 Å². The SMILES string of the molecule is Cc1csc(CNC(=O)[C@@H]2CCCN(C(=O)N3CCCC3)C2)n1. The Morgan fingerprint density at radius 2 is 2.00 bits per heavy atom. The van der Waals surface area contributed by atoms with E-state index in [4.69, 9.17) is 0 Å². The van der Waals surface area contributed by atoms with Gasteiger partial charge in [0.1, 0.15) is 5.01 Å². The first-order valence-electron chi connectivity index (χ1n) is 8.36. The van der Waals surface area contributed by atoms with Gasteiger partial charge in [0.2, 0.25) is 5.91 Å². The second-order valence-electron chi connectivity index (χ2n) is 6.36. The van der Waals surface area contributed by atoms with Gasteiger partial charge in [-0.15, -0.1) is 11.3 Å². The van der Waals surface area contributed by atoms with Crippen LogP contribution in [0.1, 0.15) is 36.4 Å². The maximum absolute atomic E-state index is 12.5. The number of urea groups is 1. The van der Waals surface area contributed by atoms with Gasteiger partial charge in [-0.2, -0.15) is 0 Å². The molecule has 1 N–H and O–H groups in total. The highest BCUT2D eigenvalue weighted by Gasteiger charge is 2.31. The molecule has 3 heterocycles. The molecule has 0 saturated carbocycles. The summed E-state index contributed by atoms with van der Waals surface area (Å²) in [6, 6.07) is 0.107. The summed E-state index contributed by atoms with van der Waals surface area (Å²) in [5.74, 6) is -0.0619. The van der Waals surface area contributed by atoms with Crippen LogP contribution in [0.25, 0.3) is 0 Å². The summed E-state index contributed by atoms with van der Waals surface area (Å²) >= 11 is 1.56. The van der Waals surface area contributed by atoms with Gasteiger partial charge in [0.15, 0.2) is 0 Å². The lowest BCUT2D eigenvalue weighted by Gasteiger charge is -2.34. The molecule has 0 aromatic carbocycles. The number of hydrogen-bond donors (Lipinski definition) is 1. The molecule has 6 nitrogen and oxygen atoms in total. The van der Waals surface area contributed by atoms with Gasteiger partial charge in [-0.05, 0) is 32.6 Å². The van der Waals surface area contributed by atoms with Crippen molar-refractivity contribution in [3.63, 3.8) is 0 Å². The molecule has 2 aliphatic rings. The van der Waals surface area contributed by atoms with E-state index in [1.807, 2.05) is 22.1 Å². The van der Waals surface area contributed by atoms with E-state index in [9.17, 15) is 9.59 Å². The van der Waals surface area contributed by atoms with E-state index in [0.29, 0.717) is 13.1 Å². The van der Waals surface area contributed by atoms with Gasteiger partial charge in [-0.1, -0.05) is 0 Å². The number of hydrogen-bond acceptors (Lipinski definition) is 4. The van der Waals surface area contributed by atoms with Crippen molar-refractivity contribution >= 4 is 23.3 Å². The van der Waals surface area contributed by atoms with E-state index in [1.165, 1.54) is 0 Å². The second kappa shape index (κ2) is 7.29. The summed E-state index contributed by atoms with van der Waals surface area (Å²) in [5, 5.41) is 5.88. The Morgan fingerprint density at radius 1 is 1.26 bits per heavy atom. The molecule has 0 bridgehead atoms. The minimum atomic E-state index is -0.101. The highest BCUT2D eigenvalue weighted by Crippen LogP contribution is 2.20. The average Bonchev–Trinajstić information content (AvgIpc) is 3.23. The van der Waals surface area contributed by atoms with E-state index in [1.54, 1.807) is 11.3 Å².